The normalized spacial score (nSPS) is 23.6. The third kappa shape index (κ3) is 7.09. The fraction of sp³-hybridized carbons (Fsp3) is 0.708. The zero-order valence-corrected chi connectivity index (χ0v) is 21.2. The molecule has 1 saturated heterocycles. The number of nitrogens with one attached hydrogen (secondary N) is 2. The molecule has 30 heavy (non-hydrogen) atoms. The third-order valence-electron chi connectivity index (χ3n) is 6.74. The van der Waals surface area contributed by atoms with Crippen molar-refractivity contribution in [2.45, 2.75) is 58.0 Å². The zero-order valence-electron chi connectivity index (χ0n) is 18.9. The van der Waals surface area contributed by atoms with Crippen LogP contribution >= 0.6 is 24.0 Å². The molecule has 3 rings (SSSR count). The van der Waals surface area contributed by atoms with E-state index in [0.29, 0.717) is 11.3 Å². The second kappa shape index (κ2) is 12.9. The predicted molar refractivity (Wildman–Crippen MR) is 135 cm³/mol. The fourth-order valence-electron chi connectivity index (χ4n) is 4.86. The molecule has 1 aromatic rings. The topological polar surface area (TPSA) is 54.9 Å². The average molecular weight is 530 g/mol. The minimum atomic E-state index is 0. The first-order chi connectivity index (χ1) is 14.2. The van der Waals surface area contributed by atoms with Gasteiger partial charge in [0, 0.05) is 46.4 Å². The molecule has 5 nitrogen and oxygen atoms in total. The number of aryl methyl sites for hydroxylation is 1. The number of ether oxygens (including phenoxy) is 2. The van der Waals surface area contributed by atoms with Crippen LogP contribution < -0.4 is 10.6 Å². The van der Waals surface area contributed by atoms with Gasteiger partial charge in [0.2, 0.25) is 0 Å². The number of aliphatic imine (C=N–C) groups is 1. The van der Waals surface area contributed by atoms with Crippen molar-refractivity contribution < 1.29 is 9.47 Å². The Morgan fingerprint density at radius 1 is 1.17 bits per heavy atom. The highest BCUT2D eigenvalue weighted by atomic mass is 127. The van der Waals surface area contributed by atoms with Crippen molar-refractivity contribution >= 4 is 29.9 Å². The summed E-state index contributed by atoms with van der Waals surface area (Å²) in [4.78, 5) is 4.48. The van der Waals surface area contributed by atoms with Crippen LogP contribution in [0.5, 0.6) is 0 Å². The van der Waals surface area contributed by atoms with Crippen LogP contribution in [0.4, 0.5) is 0 Å². The molecule has 2 aliphatic rings. The molecule has 0 spiro atoms. The molecule has 0 radical (unpaired) electrons. The highest BCUT2D eigenvalue weighted by molar-refractivity contribution is 14.0. The molecule has 0 bridgehead atoms. The van der Waals surface area contributed by atoms with E-state index in [2.05, 4.69) is 46.8 Å². The van der Waals surface area contributed by atoms with Crippen molar-refractivity contribution in [3.05, 3.63) is 35.4 Å². The minimum Gasteiger partial charge on any atom is -0.385 e. The standard InChI is InChI=1S/C24H39N3O2.HI/c1-19-8-10-20(11-9-19)22-21(7-6-15-29-22)17-26-23(25-2)27-18-24(14-16-28-3)12-4-5-13-24;/h8-11,21-22H,4-7,12-18H2,1-3H3,(H2,25,26,27);1H. The van der Waals surface area contributed by atoms with Crippen LogP contribution in [0.3, 0.4) is 0 Å². The lowest BCUT2D eigenvalue weighted by molar-refractivity contribution is -0.0265. The Kier molecular flexibility index (Phi) is 10.9. The molecule has 0 aromatic heterocycles. The maximum absolute atomic E-state index is 6.17. The summed E-state index contributed by atoms with van der Waals surface area (Å²) in [5.74, 6) is 1.36. The van der Waals surface area contributed by atoms with Gasteiger partial charge in [-0.3, -0.25) is 4.99 Å². The van der Waals surface area contributed by atoms with Crippen LogP contribution in [0.25, 0.3) is 0 Å². The highest BCUT2D eigenvalue weighted by Gasteiger charge is 2.33. The fourth-order valence-corrected chi connectivity index (χ4v) is 4.86. The van der Waals surface area contributed by atoms with E-state index in [1.807, 2.05) is 7.05 Å². The van der Waals surface area contributed by atoms with Crippen LogP contribution in [-0.2, 0) is 9.47 Å². The first kappa shape index (κ1) is 25.4. The van der Waals surface area contributed by atoms with E-state index in [9.17, 15) is 0 Å². The summed E-state index contributed by atoms with van der Waals surface area (Å²) in [5.41, 5.74) is 2.93. The molecule has 2 atom stereocenters. The molecule has 1 heterocycles. The van der Waals surface area contributed by atoms with Gasteiger partial charge < -0.3 is 20.1 Å². The van der Waals surface area contributed by atoms with Crippen molar-refractivity contribution in [1.82, 2.24) is 10.6 Å². The Labute approximate surface area is 199 Å². The Bertz CT molecular complexity index is 644. The van der Waals surface area contributed by atoms with Gasteiger partial charge in [-0.1, -0.05) is 42.7 Å². The third-order valence-corrected chi connectivity index (χ3v) is 6.74. The first-order valence-corrected chi connectivity index (χ1v) is 11.3. The Morgan fingerprint density at radius 2 is 1.90 bits per heavy atom. The number of rotatable bonds is 8. The Morgan fingerprint density at radius 3 is 2.57 bits per heavy atom. The Balaban J connectivity index is 0.00000320. The van der Waals surface area contributed by atoms with Gasteiger partial charge in [-0.05, 0) is 50.0 Å². The van der Waals surface area contributed by atoms with E-state index < -0.39 is 0 Å². The summed E-state index contributed by atoms with van der Waals surface area (Å²) in [5, 5.41) is 7.18. The summed E-state index contributed by atoms with van der Waals surface area (Å²) in [7, 11) is 3.66. The maximum atomic E-state index is 6.17. The summed E-state index contributed by atoms with van der Waals surface area (Å²) >= 11 is 0. The molecule has 2 N–H and O–H groups in total. The average Bonchev–Trinajstić information content (AvgIpc) is 3.22. The number of hydrogen-bond acceptors (Lipinski definition) is 3. The molecule has 1 saturated carbocycles. The van der Waals surface area contributed by atoms with E-state index >= 15 is 0 Å². The molecule has 170 valence electrons. The van der Waals surface area contributed by atoms with Gasteiger partial charge in [-0.2, -0.15) is 0 Å². The van der Waals surface area contributed by atoms with E-state index in [0.717, 1.165) is 45.1 Å². The monoisotopic (exact) mass is 529 g/mol. The van der Waals surface area contributed by atoms with Gasteiger partial charge in [0.15, 0.2) is 5.96 Å². The number of halogens is 1. The number of benzene rings is 1. The number of nitrogens with zero attached hydrogens (tertiary/aromatic N) is 1. The van der Waals surface area contributed by atoms with Gasteiger partial charge in [-0.25, -0.2) is 0 Å². The van der Waals surface area contributed by atoms with E-state index in [-0.39, 0.29) is 30.1 Å². The molecule has 6 heteroatoms. The van der Waals surface area contributed by atoms with Gasteiger partial charge >= 0.3 is 0 Å². The lowest BCUT2D eigenvalue weighted by Crippen LogP contribution is -2.45. The molecular formula is C24H40IN3O2. The highest BCUT2D eigenvalue weighted by Crippen LogP contribution is 2.40. The van der Waals surface area contributed by atoms with Gasteiger partial charge in [0.1, 0.15) is 0 Å². The lowest BCUT2D eigenvalue weighted by atomic mass is 9.83. The molecule has 2 unspecified atom stereocenters. The SMILES string of the molecule is CN=C(NCC1CCCOC1c1ccc(C)cc1)NCC1(CCOC)CCCC1.I. The molecular weight excluding hydrogens is 489 g/mol. The quantitative estimate of drug-likeness (QED) is 0.288. The van der Waals surface area contributed by atoms with Crippen molar-refractivity contribution in [2.24, 2.45) is 16.3 Å². The largest absolute Gasteiger partial charge is 0.385 e. The van der Waals surface area contributed by atoms with Gasteiger partial charge in [0.05, 0.1) is 6.10 Å². The van der Waals surface area contributed by atoms with Crippen molar-refractivity contribution in [3.8, 4) is 0 Å². The van der Waals surface area contributed by atoms with Crippen LogP contribution in [-0.4, -0.2) is 46.4 Å². The number of hydrogen-bond donors (Lipinski definition) is 2. The first-order valence-electron chi connectivity index (χ1n) is 11.3. The predicted octanol–water partition coefficient (Wildman–Crippen LogP) is 4.84. The molecule has 1 aliphatic carbocycles. The van der Waals surface area contributed by atoms with Crippen LogP contribution in [0.2, 0.25) is 0 Å². The molecule has 2 fully saturated rings. The summed E-state index contributed by atoms with van der Waals surface area (Å²) in [6.07, 6.45) is 8.82. The second-order valence-corrected chi connectivity index (χ2v) is 8.86. The van der Waals surface area contributed by atoms with Crippen molar-refractivity contribution in [2.75, 3.05) is 40.5 Å². The van der Waals surface area contributed by atoms with Gasteiger partial charge in [0.25, 0.3) is 0 Å². The van der Waals surface area contributed by atoms with Gasteiger partial charge in [-0.15, -0.1) is 24.0 Å². The van der Waals surface area contributed by atoms with Crippen LogP contribution in [0, 0.1) is 18.3 Å². The minimum absolute atomic E-state index is 0. The van der Waals surface area contributed by atoms with E-state index in [1.54, 1.807) is 7.11 Å². The Hall–Kier alpha value is -0.860. The number of guanidine groups is 1. The summed E-state index contributed by atoms with van der Waals surface area (Å²) in [6, 6.07) is 8.79. The van der Waals surface area contributed by atoms with Crippen molar-refractivity contribution in [3.63, 3.8) is 0 Å². The van der Waals surface area contributed by atoms with E-state index in [1.165, 1.54) is 43.2 Å². The lowest BCUT2D eigenvalue weighted by Gasteiger charge is -2.33. The van der Waals surface area contributed by atoms with Crippen molar-refractivity contribution in [1.29, 1.82) is 0 Å². The summed E-state index contributed by atoms with van der Waals surface area (Å²) < 4.78 is 11.5. The van der Waals surface area contributed by atoms with E-state index in [4.69, 9.17) is 9.47 Å². The number of methoxy groups -OCH3 is 1. The summed E-state index contributed by atoms with van der Waals surface area (Å²) in [6.45, 7) is 5.67. The van der Waals surface area contributed by atoms with Crippen LogP contribution in [0.15, 0.2) is 29.3 Å². The van der Waals surface area contributed by atoms with Crippen LogP contribution in [0.1, 0.15) is 62.2 Å². The second-order valence-electron chi connectivity index (χ2n) is 8.86. The smallest absolute Gasteiger partial charge is 0.191 e. The maximum Gasteiger partial charge on any atom is 0.191 e. The zero-order chi connectivity index (χ0) is 20.5. The molecule has 0 amide bonds. The molecule has 1 aliphatic heterocycles. The molecule has 1 aromatic carbocycles.